The summed E-state index contributed by atoms with van der Waals surface area (Å²) in [6, 6.07) is 20.6. The van der Waals surface area contributed by atoms with Crippen molar-refractivity contribution >= 4 is 5.91 Å². The lowest BCUT2D eigenvalue weighted by Crippen LogP contribution is -2.37. The van der Waals surface area contributed by atoms with E-state index in [0.717, 1.165) is 36.3 Å². The number of rotatable bonds is 3. The Morgan fingerprint density at radius 1 is 1.04 bits per heavy atom. The van der Waals surface area contributed by atoms with Crippen molar-refractivity contribution in [2.75, 3.05) is 6.54 Å². The van der Waals surface area contributed by atoms with Crippen LogP contribution in [0.1, 0.15) is 29.2 Å². The summed E-state index contributed by atoms with van der Waals surface area (Å²) in [4.78, 5) is 15.0. The van der Waals surface area contributed by atoms with Gasteiger partial charge in [0.15, 0.2) is 0 Å². The van der Waals surface area contributed by atoms with Crippen LogP contribution in [-0.2, 0) is 17.8 Å². The van der Waals surface area contributed by atoms with E-state index in [9.17, 15) is 4.79 Å². The van der Waals surface area contributed by atoms with Crippen LogP contribution in [0.5, 0.6) is 0 Å². The zero-order valence-corrected chi connectivity index (χ0v) is 14.6. The molecule has 130 valence electrons. The first-order valence-electron chi connectivity index (χ1n) is 9.26. The lowest BCUT2D eigenvalue weighted by atomic mass is 10.0. The van der Waals surface area contributed by atoms with Gasteiger partial charge in [-0.05, 0) is 23.5 Å². The summed E-state index contributed by atoms with van der Waals surface area (Å²) in [7, 11) is 0. The minimum absolute atomic E-state index is 0.144. The molecule has 2 aliphatic rings. The smallest absolute Gasteiger partial charge is 0.226 e. The van der Waals surface area contributed by atoms with E-state index in [1.54, 1.807) is 0 Å². The Morgan fingerprint density at radius 3 is 2.54 bits per heavy atom. The van der Waals surface area contributed by atoms with Gasteiger partial charge in [-0.25, -0.2) is 0 Å². The summed E-state index contributed by atoms with van der Waals surface area (Å²) in [6.07, 6.45) is 1.80. The van der Waals surface area contributed by atoms with E-state index in [0.29, 0.717) is 18.4 Å². The third kappa shape index (κ3) is 2.62. The van der Waals surface area contributed by atoms with E-state index in [4.69, 9.17) is 0 Å². The van der Waals surface area contributed by atoms with Gasteiger partial charge in [0.05, 0.1) is 11.4 Å². The van der Waals surface area contributed by atoms with Crippen LogP contribution in [0.2, 0.25) is 0 Å². The average Bonchev–Trinajstić information content (AvgIpc) is 3.40. The zero-order chi connectivity index (χ0) is 17.5. The Labute approximate surface area is 152 Å². The Hall–Kier alpha value is -2.88. The molecule has 4 heteroatoms. The molecular weight excluding hydrogens is 322 g/mol. The third-order valence-electron chi connectivity index (χ3n) is 5.63. The molecule has 2 atom stereocenters. The Bertz CT molecular complexity index is 933. The van der Waals surface area contributed by atoms with Crippen LogP contribution in [0.4, 0.5) is 0 Å². The van der Waals surface area contributed by atoms with Crippen LogP contribution in [0.25, 0.3) is 11.3 Å². The molecule has 3 aromatic rings. The van der Waals surface area contributed by atoms with Gasteiger partial charge in [0.1, 0.15) is 0 Å². The van der Waals surface area contributed by atoms with Gasteiger partial charge in [0.25, 0.3) is 0 Å². The largest absolute Gasteiger partial charge is 0.338 e. The van der Waals surface area contributed by atoms with Crippen molar-refractivity contribution in [1.82, 2.24) is 15.1 Å². The maximum absolute atomic E-state index is 13.0. The number of nitrogens with zero attached hydrogens (tertiary/aromatic N) is 2. The molecule has 0 saturated heterocycles. The number of fused-ring (bicyclic) bond motifs is 1. The first-order chi connectivity index (χ1) is 12.8. The normalized spacial score (nSPS) is 21.3. The zero-order valence-electron chi connectivity index (χ0n) is 14.6. The predicted molar refractivity (Wildman–Crippen MR) is 100 cm³/mol. The van der Waals surface area contributed by atoms with Crippen molar-refractivity contribution in [3.8, 4) is 11.3 Å². The quantitative estimate of drug-likeness (QED) is 0.787. The Morgan fingerprint density at radius 2 is 1.77 bits per heavy atom. The number of H-pyrrole nitrogens is 1. The first kappa shape index (κ1) is 15.4. The topological polar surface area (TPSA) is 49.0 Å². The van der Waals surface area contributed by atoms with E-state index in [1.165, 1.54) is 11.1 Å². The van der Waals surface area contributed by atoms with E-state index >= 15 is 0 Å². The predicted octanol–water partition coefficient (Wildman–Crippen LogP) is 3.77. The molecule has 2 aromatic carbocycles. The monoisotopic (exact) mass is 343 g/mol. The van der Waals surface area contributed by atoms with Gasteiger partial charge in [-0.15, -0.1) is 0 Å². The van der Waals surface area contributed by atoms with Crippen LogP contribution < -0.4 is 0 Å². The van der Waals surface area contributed by atoms with E-state index in [2.05, 4.69) is 46.6 Å². The third-order valence-corrected chi connectivity index (χ3v) is 5.63. The van der Waals surface area contributed by atoms with Crippen molar-refractivity contribution in [2.24, 2.45) is 5.92 Å². The summed E-state index contributed by atoms with van der Waals surface area (Å²) in [6.45, 7) is 1.43. The average molecular weight is 343 g/mol. The van der Waals surface area contributed by atoms with Crippen LogP contribution >= 0.6 is 0 Å². The number of hydrogen-bond acceptors (Lipinski definition) is 2. The number of carbonyl (C=O) groups excluding carboxylic acids is 1. The highest BCUT2D eigenvalue weighted by Gasteiger charge is 2.46. The van der Waals surface area contributed by atoms with E-state index in [1.807, 2.05) is 29.2 Å². The van der Waals surface area contributed by atoms with Gasteiger partial charge in [-0.3, -0.25) is 9.89 Å². The van der Waals surface area contributed by atoms with Gasteiger partial charge < -0.3 is 4.90 Å². The van der Waals surface area contributed by atoms with Gasteiger partial charge in [0, 0.05) is 31.0 Å². The van der Waals surface area contributed by atoms with Crippen molar-refractivity contribution in [2.45, 2.75) is 25.3 Å². The molecule has 0 bridgehead atoms. The van der Waals surface area contributed by atoms with Crippen molar-refractivity contribution in [3.63, 3.8) is 0 Å². The number of amides is 1. The number of nitrogens with one attached hydrogen (secondary N) is 1. The highest BCUT2D eigenvalue weighted by Crippen LogP contribution is 2.48. The maximum atomic E-state index is 13.0. The van der Waals surface area contributed by atoms with Crippen molar-refractivity contribution < 1.29 is 4.79 Å². The molecule has 26 heavy (non-hydrogen) atoms. The minimum atomic E-state index is 0.144. The highest BCUT2D eigenvalue weighted by molar-refractivity contribution is 5.83. The minimum Gasteiger partial charge on any atom is -0.338 e. The molecule has 1 saturated carbocycles. The van der Waals surface area contributed by atoms with Gasteiger partial charge in [0.2, 0.25) is 5.91 Å². The molecule has 1 fully saturated rings. The summed E-state index contributed by atoms with van der Waals surface area (Å²) in [5, 5.41) is 7.67. The Kier molecular flexibility index (Phi) is 3.63. The summed E-state index contributed by atoms with van der Waals surface area (Å²) >= 11 is 0. The first-order valence-corrected chi connectivity index (χ1v) is 9.26. The van der Waals surface area contributed by atoms with Gasteiger partial charge >= 0.3 is 0 Å². The van der Waals surface area contributed by atoms with Gasteiger partial charge in [-0.2, -0.15) is 5.10 Å². The molecule has 1 amide bonds. The van der Waals surface area contributed by atoms with E-state index < -0.39 is 0 Å². The molecule has 0 radical (unpaired) electrons. The fraction of sp³-hybridized carbons (Fsp3) is 0.273. The fourth-order valence-corrected chi connectivity index (χ4v) is 4.09. The molecule has 5 rings (SSSR count). The second kappa shape index (κ2) is 6.13. The molecule has 0 spiro atoms. The van der Waals surface area contributed by atoms with Crippen LogP contribution in [0.15, 0.2) is 60.7 Å². The molecule has 1 aliphatic heterocycles. The number of aromatic amines is 1. The molecule has 4 nitrogen and oxygen atoms in total. The van der Waals surface area contributed by atoms with Crippen LogP contribution in [0, 0.1) is 5.92 Å². The molecule has 1 aliphatic carbocycles. The highest BCUT2D eigenvalue weighted by atomic mass is 16.2. The summed E-state index contributed by atoms with van der Waals surface area (Å²) in [5.41, 5.74) is 5.74. The number of benzene rings is 2. The number of carbonyl (C=O) groups is 1. The maximum Gasteiger partial charge on any atom is 0.226 e. The second-order valence-corrected chi connectivity index (χ2v) is 7.26. The van der Waals surface area contributed by atoms with Gasteiger partial charge in [-0.1, -0.05) is 60.7 Å². The molecule has 2 heterocycles. The van der Waals surface area contributed by atoms with Crippen LogP contribution in [0.3, 0.4) is 0 Å². The summed E-state index contributed by atoms with van der Waals surface area (Å²) < 4.78 is 0. The summed E-state index contributed by atoms with van der Waals surface area (Å²) in [5.74, 6) is 0.832. The standard InChI is InChI=1S/C22H21N3O/c26-22(18-13-17(18)15-7-3-1-4-8-15)25-12-11-20-19(14-25)21(24-23-20)16-9-5-2-6-10-16/h1-10,17-18H,11-14H2,(H,23,24). The number of aromatic nitrogens is 2. The SMILES string of the molecule is O=C(C1CC1c1ccccc1)N1CCc2n[nH]c(-c3ccccc3)c2C1. The fourth-order valence-electron chi connectivity index (χ4n) is 4.09. The molecule has 2 unspecified atom stereocenters. The molecule has 1 N–H and O–H groups in total. The van der Waals surface area contributed by atoms with Crippen molar-refractivity contribution in [1.29, 1.82) is 0 Å². The molecular formula is C22H21N3O. The second-order valence-electron chi connectivity index (χ2n) is 7.26. The number of hydrogen-bond donors (Lipinski definition) is 1. The van der Waals surface area contributed by atoms with Crippen molar-refractivity contribution in [3.05, 3.63) is 77.5 Å². The lowest BCUT2D eigenvalue weighted by molar-refractivity contribution is -0.133. The Balaban J connectivity index is 1.35. The lowest BCUT2D eigenvalue weighted by Gasteiger charge is -2.27. The van der Waals surface area contributed by atoms with E-state index in [-0.39, 0.29) is 5.92 Å². The van der Waals surface area contributed by atoms with Crippen LogP contribution in [-0.4, -0.2) is 27.5 Å². The molecule has 1 aromatic heterocycles.